The van der Waals surface area contributed by atoms with Crippen LogP contribution in [0.25, 0.3) is 0 Å². The molecule has 3 N–H and O–H groups in total. The lowest BCUT2D eigenvalue weighted by Gasteiger charge is -2.15. The molecule has 0 heterocycles. The minimum atomic E-state index is -4.29. The average molecular weight is 356 g/mol. The Morgan fingerprint density at radius 2 is 1.71 bits per heavy atom. The second kappa shape index (κ2) is 6.93. The van der Waals surface area contributed by atoms with E-state index in [0.29, 0.717) is 0 Å². The van der Waals surface area contributed by atoms with Crippen LogP contribution in [-0.2, 0) is 14.8 Å². The van der Waals surface area contributed by atoms with Crippen LogP contribution in [0.3, 0.4) is 0 Å². The van der Waals surface area contributed by atoms with Gasteiger partial charge in [-0.15, -0.1) is 0 Å². The maximum Gasteiger partial charge on any atom is 0.244 e. The molecule has 0 aliphatic rings. The van der Waals surface area contributed by atoms with Crippen molar-refractivity contribution in [1.29, 1.82) is 0 Å². The summed E-state index contributed by atoms with van der Waals surface area (Å²) in [5.41, 5.74) is -0.473. The van der Waals surface area contributed by atoms with Gasteiger partial charge in [-0.2, -0.15) is 4.72 Å². The van der Waals surface area contributed by atoms with Crippen molar-refractivity contribution in [3.63, 3.8) is 0 Å². The molecule has 24 heavy (non-hydrogen) atoms. The minimum Gasteiger partial charge on any atom is -0.506 e. The van der Waals surface area contributed by atoms with Crippen molar-refractivity contribution in [1.82, 2.24) is 4.72 Å². The zero-order valence-corrected chi connectivity index (χ0v) is 13.3. The van der Waals surface area contributed by atoms with Gasteiger partial charge in [0.25, 0.3) is 0 Å². The van der Waals surface area contributed by atoms with Crippen molar-refractivity contribution in [2.45, 2.75) is 17.9 Å². The van der Waals surface area contributed by atoms with Crippen LogP contribution >= 0.6 is 0 Å². The summed E-state index contributed by atoms with van der Waals surface area (Å²) in [5.74, 6) is -3.28. The maximum atomic E-state index is 13.6. The Morgan fingerprint density at radius 1 is 1.08 bits per heavy atom. The standard InChI is InChI=1S/C15H14F2N2O4S/c1-9(15(21)18-14-11(17)6-4-7-12(14)20)19-24(22,23)13-8-3-2-5-10(13)16/h2-9,19-20H,1H3,(H,18,21)/t9-/m0/s1. The number of carbonyl (C=O) groups is 1. The van der Waals surface area contributed by atoms with Crippen molar-refractivity contribution < 1.29 is 27.1 Å². The molecule has 0 unspecified atom stereocenters. The highest BCUT2D eigenvalue weighted by molar-refractivity contribution is 7.89. The molecule has 0 aromatic heterocycles. The van der Waals surface area contributed by atoms with E-state index in [0.717, 1.165) is 24.3 Å². The van der Waals surface area contributed by atoms with Gasteiger partial charge in [0, 0.05) is 0 Å². The third-order valence-electron chi connectivity index (χ3n) is 3.09. The fourth-order valence-electron chi connectivity index (χ4n) is 1.88. The number of anilines is 1. The molecule has 2 rings (SSSR count). The highest BCUT2D eigenvalue weighted by Gasteiger charge is 2.25. The Morgan fingerprint density at radius 3 is 2.33 bits per heavy atom. The summed E-state index contributed by atoms with van der Waals surface area (Å²) in [6.45, 7) is 1.20. The summed E-state index contributed by atoms with van der Waals surface area (Å²) >= 11 is 0. The number of carbonyl (C=O) groups excluding carboxylic acids is 1. The van der Waals surface area contributed by atoms with Gasteiger partial charge in [0.2, 0.25) is 15.9 Å². The van der Waals surface area contributed by atoms with Crippen LogP contribution in [-0.4, -0.2) is 25.5 Å². The summed E-state index contributed by atoms with van der Waals surface area (Å²) in [5, 5.41) is 11.6. The van der Waals surface area contributed by atoms with Gasteiger partial charge < -0.3 is 10.4 Å². The van der Waals surface area contributed by atoms with Crippen molar-refractivity contribution >= 4 is 21.6 Å². The third kappa shape index (κ3) is 3.87. The Bertz CT molecular complexity index is 851. The largest absolute Gasteiger partial charge is 0.506 e. The van der Waals surface area contributed by atoms with Crippen LogP contribution < -0.4 is 10.0 Å². The van der Waals surface area contributed by atoms with E-state index in [-0.39, 0.29) is 0 Å². The second-order valence-electron chi connectivity index (χ2n) is 4.90. The number of aromatic hydroxyl groups is 1. The predicted octanol–water partition coefficient (Wildman–Crippen LogP) is 1.98. The van der Waals surface area contributed by atoms with Gasteiger partial charge in [-0.3, -0.25) is 4.79 Å². The molecule has 6 nitrogen and oxygen atoms in total. The first kappa shape index (κ1) is 17.8. The topological polar surface area (TPSA) is 95.5 Å². The number of phenols is 1. The van der Waals surface area contributed by atoms with Gasteiger partial charge in [-0.05, 0) is 31.2 Å². The van der Waals surface area contributed by atoms with Gasteiger partial charge in [0.1, 0.15) is 22.1 Å². The van der Waals surface area contributed by atoms with Gasteiger partial charge in [-0.1, -0.05) is 18.2 Å². The van der Waals surface area contributed by atoms with Crippen molar-refractivity contribution in [3.05, 3.63) is 54.1 Å². The summed E-state index contributed by atoms with van der Waals surface area (Å²) in [6, 6.07) is 6.75. The van der Waals surface area contributed by atoms with E-state index < -0.39 is 49.9 Å². The minimum absolute atomic E-state index is 0.473. The first-order valence-corrected chi connectivity index (χ1v) is 8.26. The number of hydrogen-bond donors (Lipinski definition) is 3. The van der Waals surface area contributed by atoms with Gasteiger partial charge in [-0.25, -0.2) is 17.2 Å². The summed E-state index contributed by atoms with van der Waals surface area (Å²) in [7, 11) is -4.29. The Balaban J connectivity index is 2.16. The molecule has 0 aliphatic heterocycles. The predicted molar refractivity (Wildman–Crippen MR) is 82.9 cm³/mol. The molecule has 0 fully saturated rings. The first-order chi connectivity index (χ1) is 11.2. The van der Waals surface area contributed by atoms with E-state index in [1.54, 1.807) is 0 Å². The van der Waals surface area contributed by atoms with Crippen molar-refractivity contribution in [2.75, 3.05) is 5.32 Å². The monoisotopic (exact) mass is 356 g/mol. The molecule has 1 atom stereocenters. The van der Waals surface area contributed by atoms with Gasteiger partial charge in [0.05, 0.1) is 6.04 Å². The second-order valence-corrected chi connectivity index (χ2v) is 6.58. The molecule has 0 aliphatic carbocycles. The van der Waals surface area contributed by atoms with E-state index in [1.807, 2.05) is 4.72 Å². The number of para-hydroxylation sites is 1. The number of sulfonamides is 1. The molecule has 128 valence electrons. The first-order valence-electron chi connectivity index (χ1n) is 6.77. The number of benzene rings is 2. The Labute approximate surface area is 137 Å². The molecular weight excluding hydrogens is 342 g/mol. The molecular formula is C15H14F2N2O4S. The van der Waals surface area contributed by atoms with E-state index in [1.165, 1.54) is 25.1 Å². The number of amides is 1. The number of nitrogens with one attached hydrogen (secondary N) is 2. The van der Waals surface area contributed by atoms with E-state index in [4.69, 9.17) is 0 Å². The van der Waals surface area contributed by atoms with Crippen LogP contribution in [0.4, 0.5) is 14.5 Å². The maximum absolute atomic E-state index is 13.6. The Hall–Kier alpha value is -2.52. The van der Waals surface area contributed by atoms with Crippen LogP contribution in [0.5, 0.6) is 5.75 Å². The zero-order chi connectivity index (χ0) is 17.9. The fraction of sp³-hybridized carbons (Fsp3) is 0.133. The lowest BCUT2D eigenvalue weighted by atomic mass is 10.2. The Kier molecular flexibility index (Phi) is 5.15. The average Bonchev–Trinajstić information content (AvgIpc) is 2.50. The highest BCUT2D eigenvalue weighted by Crippen LogP contribution is 2.25. The molecule has 0 saturated carbocycles. The number of halogens is 2. The molecule has 0 saturated heterocycles. The summed E-state index contributed by atoms with van der Waals surface area (Å²) in [4.78, 5) is 11.4. The van der Waals surface area contributed by atoms with E-state index >= 15 is 0 Å². The summed E-state index contributed by atoms with van der Waals surface area (Å²) in [6.07, 6.45) is 0. The van der Waals surface area contributed by atoms with Crippen molar-refractivity contribution in [2.24, 2.45) is 0 Å². The van der Waals surface area contributed by atoms with E-state index in [9.17, 15) is 27.1 Å². The van der Waals surface area contributed by atoms with Crippen molar-refractivity contribution in [3.8, 4) is 5.75 Å². The third-order valence-corrected chi connectivity index (χ3v) is 4.67. The molecule has 1 amide bonds. The van der Waals surface area contributed by atoms with Gasteiger partial charge in [0.15, 0.2) is 5.82 Å². The molecule has 0 radical (unpaired) electrons. The highest BCUT2D eigenvalue weighted by atomic mass is 32.2. The lowest BCUT2D eigenvalue weighted by molar-refractivity contribution is -0.117. The number of phenolic OH excluding ortho intramolecular Hbond substituents is 1. The number of rotatable bonds is 5. The molecule has 9 heteroatoms. The fourth-order valence-corrected chi connectivity index (χ4v) is 3.16. The smallest absolute Gasteiger partial charge is 0.244 e. The zero-order valence-electron chi connectivity index (χ0n) is 12.5. The molecule has 0 bridgehead atoms. The lowest BCUT2D eigenvalue weighted by Crippen LogP contribution is -2.41. The number of hydrogen-bond acceptors (Lipinski definition) is 4. The van der Waals surface area contributed by atoms with Crippen LogP contribution in [0.15, 0.2) is 47.4 Å². The summed E-state index contributed by atoms with van der Waals surface area (Å²) < 4.78 is 53.3. The van der Waals surface area contributed by atoms with Gasteiger partial charge >= 0.3 is 0 Å². The SMILES string of the molecule is C[C@H](NS(=O)(=O)c1ccccc1F)C(=O)Nc1c(O)cccc1F. The van der Waals surface area contributed by atoms with Crippen LogP contribution in [0.1, 0.15) is 6.92 Å². The quantitative estimate of drug-likeness (QED) is 0.714. The van der Waals surface area contributed by atoms with Crippen LogP contribution in [0.2, 0.25) is 0 Å². The van der Waals surface area contributed by atoms with E-state index in [2.05, 4.69) is 5.32 Å². The molecule has 2 aromatic carbocycles. The molecule has 2 aromatic rings. The molecule has 0 spiro atoms. The normalized spacial score (nSPS) is 12.6. The van der Waals surface area contributed by atoms with Crippen LogP contribution in [0, 0.1) is 11.6 Å².